The van der Waals surface area contributed by atoms with Crippen molar-refractivity contribution in [3.05, 3.63) is 12.2 Å². The lowest BCUT2D eigenvalue weighted by Gasteiger charge is -2.22. The van der Waals surface area contributed by atoms with Gasteiger partial charge in [-0.3, -0.25) is 9.59 Å². The predicted molar refractivity (Wildman–Crippen MR) is 66.0 cm³/mol. The van der Waals surface area contributed by atoms with Crippen LogP contribution in [-0.2, 0) is 19.1 Å². The standard InChI is InChI=1S/C12H19NO6/c1-7(2)10(16)19-8(3)13-9(15)5-12(4,6-14)11(17)18/h8,14H,1,5-6H2,2-4H3,(H,13,15)(H,17,18). The molecule has 0 saturated carbocycles. The second kappa shape index (κ2) is 6.89. The zero-order valence-corrected chi connectivity index (χ0v) is 11.2. The number of esters is 1. The summed E-state index contributed by atoms with van der Waals surface area (Å²) >= 11 is 0. The molecule has 2 atom stereocenters. The lowest BCUT2D eigenvalue weighted by Crippen LogP contribution is -2.42. The third kappa shape index (κ3) is 5.52. The number of hydrogen-bond donors (Lipinski definition) is 3. The molecule has 0 aliphatic rings. The third-order valence-corrected chi connectivity index (χ3v) is 2.41. The molecule has 0 bridgehead atoms. The largest absolute Gasteiger partial charge is 0.481 e. The summed E-state index contributed by atoms with van der Waals surface area (Å²) in [7, 11) is 0. The van der Waals surface area contributed by atoms with Gasteiger partial charge in [-0.2, -0.15) is 0 Å². The monoisotopic (exact) mass is 273 g/mol. The van der Waals surface area contributed by atoms with Crippen molar-refractivity contribution in [2.24, 2.45) is 5.41 Å². The van der Waals surface area contributed by atoms with E-state index < -0.39 is 42.5 Å². The maximum Gasteiger partial charge on any atom is 0.335 e. The van der Waals surface area contributed by atoms with Crippen LogP contribution in [-0.4, -0.2) is 40.9 Å². The van der Waals surface area contributed by atoms with Gasteiger partial charge in [-0.15, -0.1) is 0 Å². The highest BCUT2D eigenvalue weighted by atomic mass is 16.6. The number of carboxylic acid groups (broad SMARTS) is 1. The fourth-order valence-electron chi connectivity index (χ4n) is 1.12. The van der Waals surface area contributed by atoms with Crippen molar-refractivity contribution in [3.63, 3.8) is 0 Å². The minimum absolute atomic E-state index is 0.187. The van der Waals surface area contributed by atoms with Gasteiger partial charge in [0.1, 0.15) is 0 Å². The molecule has 7 heteroatoms. The first-order valence-electron chi connectivity index (χ1n) is 5.62. The topological polar surface area (TPSA) is 113 Å². The smallest absolute Gasteiger partial charge is 0.335 e. The average molecular weight is 273 g/mol. The molecule has 108 valence electrons. The number of carbonyl (C=O) groups is 3. The summed E-state index contributed by atoms with van der Waals surface area (Å²) in [6.07, 6.45) is -1.33. The molecule has 0 aromatic heterocycles. The van der Waals surface area contributed by atoms with Crippen molar-refractivity contribution < 1.29 is 29.3 Å². The second-order valence-electron chi connectivity index (χ2n) is 4.60. The maximum atomic E-state index is 11.6. The van der Waals surface area contributed by atoms with Gasteiger partial charge < -0.3 is 20.3 Å². The minimum Gasteiger partial charge on any atom is -0.481 e. The van der Waals surface area contributed by atoms with Crippen LogP contribution in [0, 0.1) is 5.41 Å². The lowest BCUT2D eigenvalue weighted by atomic mass is 9.87. The predicted octanol–water partition coefficient (Wildman–Crippen LogP) is 0.0412. The molecule has 2 unspecified atom stereocenters. The van der Waals surface area contributed by atoms with Crippen LogP contribution >= 0.6 is 0 Å². The van der Waals surface area contributed by atoms with Crippen molar-refractivity contribution in [2.75, 3.05) is 6.61 Å². The molecule has 0 saturated heterocycles. The number of nitrogens with one attached hydrogen (secondary N) is 1. The molecule has 0 fully saturated rings. The molecule has 0 aliphatic carbocycles. The normalized spacial score (nSPS) is 14.9. The molecule has 0 heterocycles. The summed E-state index contributed by atoms with van der Waals surface area (Å²) in [5, 5.41) is 20.2. The first kappa shape index (κ1) is 17.1. The van der Waals surface area contributed by atoms with Crippen LogP contribution in [0.2, 0.25) is 0 Å². The summed E-state index contributed by atoms with van der Waals surface area (Å²) in [5.41, 5.74) is -1.38. The summed E-state index contributed by atoms with van der Waals surface area (Å²) < 4.78 is 4.81. The van der Waals surface area contributed by atoms with E-state index >= 15 is 0 Å². The maximum absolute atomic E-state index is 11.6. The fraction of sp³-hybridized carbons (Fsp3) is 0.583. The Kier molecular flexibility index (Phi) is 6.20. The molecule has 7 nitrogen and oxygen atoms in total. The zero-order valence-electron chi connectivity index (χ0n) is 11.2. The first-order valence-corrected chi connectivity index (χ1v) is 5.62. The van der Waals surface area contributed by atoms with E-state index in [1.807, 2.05) is 0 Å². The van der Waals surface area contributed by atoms with Gasteiger partial charge in [0, 0.05) is 12.0 Å². The summed E-state index contributed by atoms with van der Waals surface area (Å²) in [4.78, 5) is 33.7. The number of ether oxygens (including phenoxy) is 1. The Morgan fingerprint density at radius 2 is 1.95 bits per heavy atom. The van der Waals surface area contributed by atoms with Crippen molar-refractivity contribution in [1.82, 2.24) is 5.32 Å². The Morgan fingerprint density at radius 1 is 1.42 bits per heavy atom. The fourth-order valence-corrected chi connectivity index (χ4v) is 1.12. The third-order valence-electron chi connectivity index (χ3n) is 2.41. The summed E-state index contributed by atoms with van der Waals surface area (Å²) in [5.74, 6) is -2.58. The van der Waals surface area contributed by atoms with E-state index in [4.69, 9.17) is 14.9 Å². The molecule has 0 spiro atoms. The van der Waals surface area contributed by atoms with Gasteiger partial charge in [0.05, 0.1) is 12.0 Å². The van der Waals surface area contributed by atoms with Gasteiger partial charge in [-0.05, 0) is 20.8 Å². The lowest BCUT2D eigenvalue weighted by molar-refractivity contribution is -0.155. The number of hydrogen-bond acceptors (Lipinski definition) is 5. The molecule has 0 aliphatic heterocycles. The molecular weight excluding hydrogens is 254 g/mol. The van der Waals surface area contributed by atoms with Crippen molar-refractivity contribution in [1.29, 1.82) is 0 Å². The number of amides is 1. The molecule has 0 radical (unpaired) electrons. The van der Waals surface area contributed by atoms with Gasteiger partial charge in [-0.25, -0.2) is 4.79 Å². The van der Waals surface area contributed by atoms with E-state index in [9.17, 15) is 14.4 Å². The van der Waals surface area contributed by atoms with Crippen LogP contribution in [0.5, 0.6) is 0 Å². The summed E-state index contributed by atoms with van der Waals surface area (Å²) in [6.45, 7) is 6.85. The SMILES string of the molecule is C=C(C)C(=O)OC(C)NC(=O)CC(C)(CO)C(=O)O. The van der Waals surface area contributed by atoms with Gasteiger partial charge in [0.15, 0.2) is 6.23 Å². The van der Waals surface area contributed by atoms with Crippen molar-refractivity contribution in [3.8, 4) is 0 Å². The van der Waals surface area contributed by atoms with E-state index in [0.29, 0.717) is 0 Å². The highest BCUT2D eigenvalue weighted by molar-refractivity contribution is 5.88. The van der Waals surface area contributed by atoms with E-state index in [2.05, 4.69) is 11.9 Å². The number of aliphatic hydroxyl groups excluding tert-OH is 1. The van der Waals surface area contributed by atoms with Crippen LogP contribution < -0.4 is 5.32 Å². The highest BCUT2D eigenvalue weighted by Crippen LogP contribution is 2.20. The van der Waals surface area contributed by atoms with Gasteiger partial charge in [-0.1, -0.05) is 6.58 Å². The molecule has 1 amide bonds. The molecule has 0 aromatic carbocycles. The number of aliphatic hydroxyl groups is 1. The molecule has 19 heavy (non-hydrogen) atoms. The van der Waals surface area contributed by atoms with Crippen LogP contribution in [0.25, 0.3) is 0 Å². The molecule has 0 aromatic rings. The highest BCUT2D eigenvalue weighted by Gasteiger charge is 2.35. The van der Waals surface area contributed by atoms with Crippen LogP contribution in [0.3, 0.4) is 0 Å². The van der Waals surface area contributed by atoms with Crippen molar-refractivity contribution in [2.45, 2.75) is 33.4 Å². The molecule has 0 rings (SSSR count). The van der Waals surface area contributed by atoms with Gasteiger partial charge in [0.25, 0.3) is 0 Å². The average Bonchev–Trinajstić information content (AvgIpc) is 2.27. The number of aliphatic carboxylic acids is 1. The van der Waals surface area contributed by atoms with Gasteiger partial charge in [0.2, 0.25) is 5.91 Å². The van der Waals surface area contributed by atoms with E-state index in [1.165, 1.54) is 20.8 Å². The first-order chi connectivity index (χ1) is 8.62. The summed E-state index contributed by atoms with van der Waals surface area (Å²) in [6, 6.07) is 0. The Balaban J connectivity index is 4.43. The number of rotatable bonds is 7. The Labute approximate surface area is 111 Å². The molecule has 3 N–H and O–H groups in total. The zero-order chi connectivity index (χ0) is 15.2. The minimum atomic E-state index is -1.57. The second-order valence-corrected chi connectivity index (χ2v) is 4.60. The van der Waals surface area contributed by atoms with Crippen LogP contribution in [0.15, 0.2) is 12.2 Å². The van der Waals surface area contributed by atoms with Crippen molar-refractivity contribution >= 4 is 17.8 Å². The Morgan fingerprint density at radius 3 is 2.32 bits per heavy atom. The molecular formula is C12H19NO6. The Hall–Kier alpha value is -1.89. The van der Waals surface area contributed by atoms with Gasteiger partial charge >= 0.3 is 11.9 Å². The van der Waals surface area contributed by atoms with E-state index in [1.54, 1.807) is 0 Å². The Bertz CT molecular complexity index is 392. The number of carbonyl (C=O) groups excluding carboxylic acids is 2. The van der Waals surface area contributed by atoms with E-state index in [-0.39, 0.29) is 5.57 Å². The number of carboxylic acids is 1. The van der Waals surface area contributed by atoms with Crippen LogP contribution in [0.1, 0.15) is 27.2 Å². The van der Waals surface area contributed by atoms with Crippen LogP contribution in [0.4, 0.5) is 0 Å². The van der Waals surface area contributed by atoms with E-state index in [0.717, 1.165) is 0 Å². The quantitative estimate of drug-likeness (QED) is 0.343.